The highest BCUT2D eigenvalue weighted by Gasteiger charge is 2.66. The molecule has 0 spiro atoms. The molecule has 3 N–H and O–H groups in total. The third-order valence-corrected chi connectivity index (χ3v) is 12.1. The average molecular weight is 487 g/mol. The lowest BCUT2D eigenvalue weighted by molar-refractivity contribution is -0.149. The molecule has 4 nitrogen and oxygen atoms in total. The van der Waals surface area contributed by atoms with Crippen LogP contribution >= 0.6 is 0 Å². The van der Waals surface area contributed by atoms with Crippen molar-refractivity contribution in [2.45, 2.75) is 118 Å². The third-order valence-electron chi connectivity index (χ3n) is 12.1. The van der Waals surface area contributed by atoms with Crippen molar-refractivity contribution in [3.8, 4) is 0 Å². The largest absolute Gasteiger partial charge is 0.481 e. The van der Waals surface area contributed by atoms with Gasteiger partial charge in [-0.05, 0) is 91.3 Å². The molecule has 2 fully saturated rings. The molecule has 4 heteroatoms. The van der Waals surface area contributed by atoms with Gasteiger partial charge in [-0.15, -0.1) is 0 Å². The molecule has 0 aromatic rings. The van der Waals surface area contributed by atoms with Gasteiger partial charge in [0, 0.05) is 5.92 Å². The lowest BCUT2D eigenvalue weighted by Crippen LogP contribution is -2.55. The number of aliphatic carboxylic acids is 1. The molecule has 4 aliphatic rings. The van der Waals surface area contributed by atoms with E-state index in [1.54, 1.807) is 5.57 Å². The first-order chi connectivity index (χ1) is 16.1. The summed E-state index contributed by atoms with van der Waals surface area (Å²) in [5.74, 6) is -0.759. The third kappa shape index (κ3) is 3.79. The van der Waals surface area contributed by atoms with Crippen molar-refractivity contribution in [2.24, 2.45) is 45.3 Å². The lowest BCUT2D eigenvalue weighted by atomic mass is 9.43. The maximum absolute atomic E-state index is 12.6. The van der Waals surface area contributed by atoms with Gasteiger partial charge in [-0.1, -0.05) is 71.8 Å². The molecule has 0 radical (unpaired) electrons. The second kappa shape index (κ2) is 8.72. The summed E-state index contributed by atoms with van der Waals surface area (Å²) in [5, 5.41) is 32.7. The maximum Gasteiger partial charge on any atom is 0.306 e. The van der Waals surface area contributed by atoms with Gasteiger partial charge in [-0.3, -0.25) is 4.79 Å². The van der Waals surface area contributed by atoms with E-state index in [1.807, 2.05) is 0 Å². The Labute approximate surface area is 213 Å². The molecule has 0 aliphatic heterocycles. The van der Waals surface area contributed by atoms with Gasteiger partial charge in [0.1, 0.15) is 0 Å². The van der Waals surface area contributed by atoms with Crippen molar-refractivity contribution in [3.63, 3.8) is 0 Å². The number of fused-ring (bicyclic) bond motifs is 4. The number of rotatable bonds is 6. The smallest absolute Gasteiger partial charge is 0.306 e. The quantitative estimate of drug-likeness (QED) is 0.362. The van der Waals surface area contributed by atoms with Crippen LogP contribution in [0, 0.1) is 45.3 Å². The first kappa shape index (κ1) is 26.9. The predicted molar refractivity (Wildman–Crippen MR) is 141 cm³/mol. The number of carbonyl (C=O) groups is 1. The van der Waals surface area contributed by atoms with Crippen LogP contribution in [0.5, 0.6) is 0 Å². The van der Waals surface area contributed by atoms with Crippen LogP contribution in [0.2, 0.25) is 0 Å². The molecule has 4 aliphatic carbocycles. The van der Waals surface area contributed by atoms with E-state index >= 15 is 0 Å². The molecule has 0 aromatic carbocycles. The van der Waals surface area contributed by atoms with Gasteiger partial charge in [0.05, 0.1) is 18.1 Å². The fraction of sp³-hybridized carbons (Fsp3) is 0.839. The zero-order chi connectivity index (χ0) is 26.1. The summed E-state index contributed by atoms with van der Waals surface area (Å²) in [4.78, 5) is 12.6. The molecule has 4 rings (SSSR count). The maximum atomic E-state index is 12.6. The Morgan fingerprint density at radius 2 is 1.69 bits per heavy atom. The summed E-state index contributed by atoms with van der Waals surface area (Å²) in [5.41, 5.74) is 3.78. The number of hydrogen-bond donors (Lipinski definition) is 3. The van der Waals surface area contributed by atoms with Crippen molar-refractivity contribution >= 4 is 5.97 Å². The molecule has 4 unspecified atom stereocenters. The summed E-state index contributed by atoms with van der Waals surface area (Å²) in [7, 11) is 0. The van der Waals surface area contributed by atoms with Crippen molar-refractivity contribution in [1.29, 1.82) is 0 Å². The SMILES string of the molecule is C=C(CCC(C(=O)O)C1C(O)C[C@@]2(C)C3=C(CC[C@]12C)[C@@]1(C)CCC(O)C(C)(C)[C@@H]1CC3)C(C)C. The van der Waals surface area contributed by atoms with Gasteiger partial charge < -0.3 is 15.3 Å². The van der Waals surface area contributed by atoms with Gasteiger partial charge in [0.2, 0.25) is 0 Å². The molecule has 0 bridgehead atoms. The molecule has 8 atom stereocenters. The number of aliphatic hydroxyl groups excluding tert-OH is 2. The Balaban J connectivity index is 1.71. The fourth-order valence-electron chi connectivity index (χ4n) is 9.58. The Morgan fingerprint density at radius 3 is 2.29 bits per heavy atom. The zero-order valence-electron chi connectivity index (χ0n) is 23.3. The van der Waals surface area contributed by atoms with E-state index in [1.165, 1.54) is 5.57 Å². The Hall–Kier alpha value is -1.13. The van der Waals surface area contributed by atoms with E-state index in [2.05, 4.69) is 55.0 Å². The highest BCUT2D eigenvalue weighted by molar-refractivity contribution is 5.71. The number of allylic oxidation sites excluding steroid dienone is 3. The van der Waals surface area contributed by atoms with Crippen LogP contribution in [0.3, 0.4) is 0 Å². The van der Waals surface area contributed by atoms with E-state index < -0.39 is 18.0 Å². The Kier molecular flexibility index (Phi) is 6.71. The number of carboxylic acids is 1. The van der Waals surface area contributed by atoms with Crippen molar-refractivity contribution in [1.82, 2.24) is 0 Å². The highest BCUT2D eigenvalue weighted by Crippen LogP contribution is 2.72. The summed E-state index contributed by atoms with van der Waals surface area (Å²) < 4.78 is 0. The van der Waals surface area contributed by atoms with E-state index in [0.29, 0.717) is 31.1 Å². The Bertz CT molecular complexity index is 915. The van der Waals surface area contributed by atoms with Crippen LogP contribution < -0.4 is 0 Å². The predicted octanol–water partition coefficient (Wildman–Crippen LogP) is 6.76. The van der Waals surface area contributed by atoms with E-state index in [4.69, 9.17) is 0 Å². The molecule has 0 aromatic heterocycles. The summed E-state index contributed by atoms with van der Waals surface area (Å²) in [6.07, 6.45) is 6.95. The van der Waals surface area contributed by atoms with Crippen LogP contribution in [0.1, 0.15) is 106 Å². The second-order valence-corrected chi connectivity index (χ2v) is 14.2. The molecule has 35 heavy (non-hydrogen) atoms. The zero-order valence-corrected chi connectivity index (χ0v) is 23.3. The van der Waals surface area contributed by atoms with Gasteiger partial charge >= 0.3 is 5.97 Å². The van der Waals surface area contributed by atoms with Crippen molar-refractivity contribution < 1.29 is 20.1 Å². The molecule has 0 heterocycles. The van der Waals surface area contributed by atoms with Crippen molar-refractivity contribution in [2.75, 3.05) is 0 Å². The number of aliphatic hydroxyl groups is 2. The van der Waals surface area contributed by atoms with Gasteiger partial charge in [-0.25, -0.2) is 0 Å². The first-order valence-electron chi connectivity index (χ1n) is 14.1. The molecule has 0 amide bonds. The van der Waals surface area contributed by atoms with Gasteiger partial charge in [-0.2, -0.15) is 0 Å². The van der Waals surface area contributed by atoms with Crippen LogP contribution in [-0.2, 0) is 4.79 Å². The fourth-order valence-corrected chi connectivity index (χ4v) is 9.58. The lowest BCUT2D eigenvalue weighted by Gasteiger charge is -2.62. The standard InChI is InChI=1S/C31H50O4/c1-18(2)19(3)9-10-20(27(34)35)26-23(32)17-31(8)22-11-12-24-28(4,5)25(33)14-15-29(24,6)21(22)13-16-30(26,31)7/h18,20,23-26,32-33H,3,9-17H2,1-2,4-8H3,(H,34,35)/t20?,23?,24-,25?,26?,29+,30+,31-/m0/s1. The normalized spacial score (nSPS) is 43.4. The van der Waals surface area contributed by atoms with Crippen molar-refractivity contribution in [3.05, 3.63) is 23.3 Å². The minimum Gasteiger partial charge on any atom is -0.481 e. The van der Waals surface area contributed by atoms with Gasteiger partial charge in [0.15, 0.2) is 0 Å². The molecule has 0 saturated heterocycles. The first-order valence-corrected chi connectivity index (χ1v) is 14.1. The van der Waals surface area contributed by atoms with Crippen LogP contribution in [0.15, 0.2) is 23.3 Å². The van der Waals surface area contributed by atoms with Crippen LogP contribution in [0.25, 0.3) is 0 Å². The number of hydrogen-bond acceptors (Lipinski definition) is 3. The minimum absolute atomic E-state index is 0.0882. The van der Waals surface area contributed by atoms with Gasteiger partial charge in [0.25, 0.3) is 0 Å². The minimum atomic E-state index is -0.769. The van der Waals surface area contributed by atoms with E-state index in [0.717, 1.165) is 44.1 Å². The van der Waals surface area contributed by atoms with Crippen LogP contribution in [-0.4, -0.2) is 33.5 Å². The summed E-state index contributed by atoms with van der Waals surface area (Å²) >= 11 is 0. The number of carboxylic acid groups (broad SMARTS) is 1. The highest BCUT2D eigenvalue weighted by atomic mass is 16.4. The topological polar surface area (TPSA) is 77.8 Å². The van der Waals surface area contributed by atoms with E-state index in [-0.39, 0.29) is 33.7 Å². The monoisotopic (exact) mass is 486 g/mol. The molecule has 198 valence electrons. The van der Waals surface area contributed by atoms with E-state index in [9.17, 15) is 20.1 Å². The summed E-state index contributed by atoms with van der Waals surface area (Å²) in [6.45, 7) is 20.0. The molecular formula is C31H50O4. The van der Waals surface area contributed by atoms with Crippen LogP contribution in [0.4, 0.5) is 0 Å². The molecular weight excluding hydrogens is 436 g/mol. The summed E-state index contributed by atoms with van der Waals surface area (Å²) in [6, 6.07) is 0. The second-order valence-electron chi connectivity index (χ2n) is 14.2. The average Bonchev–Trinajstić information content (AvgIpc) is 2.97. The molecule has 2 saturated carbocycles. The Morgan fingerprint density at radius 1 is 1.03 bits per heavy atom.